The lowest BCUT2D eigenvalue weighted by atomic mass is 10.5. The third kappa shape index (κ3) is 2.08. The molecule has 0 amide bonds. The number of aromatic nitrogens is 4. The van der Waals surface area contributed by atoms with E-state index in [-0.39, 0.29) is 5.82 Å². The normalized spacial score (nSPS) is 10.1. The number of pyridine rings is 1. The van der Waals surface area contributed by atoms with Crippen LogP contribution < -0.4 is 0 Å². The van der Waals surface area contributed by atoms with E-state index in [1.165, 1.54) is 18.1 Å². The second kappa shape index (κ2) is 4.40. The van der Waals surface area contributed by atoms with Crippen LogP contribution in [0.4, 0.5) is 0 Å². The molecule has 82 valence electrons. The minimum absolute atomic E-state index is 0.00668. The highest BCUT2D eigenvalue weighted by molar-refractivity contribution is 9.10. The summed E-state index contributed by atoms with van der Waals surface area (Å²) in [4.78, 5) is 19.0. The van der Waals surface area contributed by atoms with Crippen molar-refractivity contribution in [1.29, 1.82) is 0 Å². The molecule has 2 heterocycles. The van der Waals surface area contributed by atoms with E-state index in [1.807, 2.05) is 6.07 Å². The van der Waals surface area contributed by atoms with Crippen LogP contribution in [0.3, 0.4) is 0 Å². The summed E-state index contributed by atoms with van der Waals surface area (Å²) in [6.45, 7) is 0. The molecule has 0 fully saturated rings. The third-order valence-corrected chi connectivity index (χ3v) is 2.28. The zero-order valence-corrected chi connectivity index (χ0v) is 9.88. The van der Waals surface area contributed by atoms with Crippen molar-refractivity contribution in [2.75, 3.05) is 7.11 Å². The van der Waals surface area contributed by atoms with Crippen LogP contribution in [-0.2, 0) is 4.74 Å². The molecule has 0 bridgehead atoms. The number of methoxy groups -OCH3 is 1. The average molecular weight is 283 g/mol. The van der Waals surface area contributed by atoms with Crippen molar-refractivity contribution in [1.82, 2.24) is 19.7 Å². The molecule has 0 saturated carbocycles. The monoisotopic (exact) mass is 282 g/mol. The molecule has 2 aromatic rings. The van der Waals surface area contributed by atoms with Crippen molar-refractivity contribution < 1.29 is 9.53 Å². The van der Waals surface area contributed by atoms with E-state index in [4.69, 9.17) is 0 Å². The Morgan fingerprint density at radius 2 is 2.25 bits per heavy atom. The number of nitrogens with zero attached hydrogens (tertiary/aromatic N) is 4. The topological polar surface area (TPSA) is 69.9 Å². The second-order valence-corrected chi connectivity index (χ2v) is 3.75. The van der Waals surface area contributed by atoms with Crippen LogP contribution in [0, 0.1) is 0 Å². The zero-order chi connectivity index (χ0) is 11.5. The van der Waals surface area contributed by atoms with Crippen molar-refractivity contribution in [2.24, 2.45) is 0 Å². The zero-order valence-electron chi connectivity index (χ0n) is 8.29. The molecular formula is C9H7BrN4O2. The number of carbonyl (C=O) groups is 1. The highest BCUT2D eigenvalue weighted by atomic mass is 79.9. The highest BCUT2D eigenvalue weighted by Crippen LogP contribution is 2.09. The number of halogens is 1. The molecule has 16 heavy (non-hydrogen) atoms. The predicted octanol–water partition coefficient (Wildman–Crippen LogP) is 1.21. The standard InChI is InChI=1S/C9H7BrN4O2/c1-16-9(15)8-12-5-14(13-8)7-3-2-6(10)4-11-7/h2-5H,1H3. The lowest BCUT2D eigenvalue weighted by Crippen LogP contribution is -2.05. The van der Waals surface area contributed by atoms with Gasteiger partial charge in [-0.15, -0.1) is 5.10 Å². The van der Waals surface area contributed by atoms with E-state index >= 15 is 0 Å². The summed E-state index contributed by atoms with van der Waals surface area (Å²) in [6.07, 6.45) is 3.04. The summed E-state index contributed by atoms with van der Waals surface area (Å²) in [7, 11) is 1.28. The minimum atomic E-state index is -0.573. The summed E-state index contributed by atoms with van der Waals surface area (Å²) < 4.78 is 6.77. The Kier molecular flexibility index (Phi) is 2.95. The second-order valence-electron chi connectivity index (χ2n) is 2.84. The molecular weight excluding hydrogens is 276 g/mol. The van der Waals surface area contributed by atoms with Crippen molar-refractivity contribution in [2.45, 2.75) is 0 Å². The van der Waals surface area contributed by atoms with Crippen molar-refractivity contribution in [3.8, 4) is 5.82 Å². The van der Waals surface area contributed by atoms with E-state index in [9.17, 15) is 4.79 Å². The van der Waals surface area contributed by atoms with Gasteiger partial charge in [0.2, 0.25) is 0 Å². The van der Waals surface area contributed by atoms with Crippen LogP contribution in [0.2, 0.25) is 0 Å². The maximum atomic E-state index is 11.1. The van der Waals surface area contributed by atoms with Gasteiger partial charge in [0.05, 0.1) is 7.11 Å². The van der Waals surface area contributed by atoms with Crippen LogP contribution in [-0.4, -0.2) is 32.8 Å². The van der Waals surface area contributed by atoms with Gasteiger partial charge >= 0.3 is 5.97 Å². The Bertz CT molecular complexity index is 508. The first kappa shape index (κ1) is 10.7. The number of rotatable bonds is 2. The predicted molar refractivity (Wildman–Crippen MR) is 58.2 cm³/mol. The maximum absolute atomic E-state index is 11.1. The average Bonchev–Trinajstić information content (AvgIpc) is 2.78. The minimum Gasteiger partial charge on any atom is -0.463 e. The summed E-state index contributed by atoms with van der Waals surface area (Å²) in [5.41, 5.74) is 0. The van der Waals surface area contributed by atoms with E-state index in [0.717, 1.165) is 4.47 Å². The summed E-state index contributed by atoms with van der Waals surface area (Å²) in [6, 6.07) is 3.57. The summed E-state index contributed by atoms with van der Waals surface area (Å²) in [5.74, 6) is 0.00827. The van der Waals surface area contributed by atoms with Gasteiger partial charge < -0.3 is 4.74 Å². The van der Waals surface area contributed by atoms with Gasteiger partial charge in [-0.05, 0) is 28.1 Å². The fourth-order valence-electron chi connectivity index (χ4n) is 1.06. The molecule has 7 heteroatoms. The first-order valence-electron chi connectivity index (χ1n) is 4.32. The van der Waals surface area contributed by atoms with Crippen molar-refractivity contribution in [3.63, 3.8) is 0 Å². The first-order chi connectivity index (χ1) is 7.70. The summed E-state index contributed by atoms with van der Waals surface area (Å²) in [5, 5.41) is 3.93. The first-order valence-corrected chi connectivity index (χ1v) is 5.12. The van der Waals surface area contributed by atoms with Gasteiger partial charge in [-0.25, -0.2) is 19.4 Å². The number of hydrogen-bond donors (Lipinski definition) is 0. The molecule has 0 aromatic carbocycles. The van der Waals surface area contributed by atoms with Gasteiger partial charge in [0.15, 0.2) is 5.82 Å². The molecule has 0 unspecified atom stereocenters. The van der Waals surface area contributed by atoms with E-state index < -0.39 is 5.97 Å². The lowest BCUT2D eigenvalue weighted by molar-refractivity contribution is 0.0587. The van der Waals surface area contributed by atoms with Gasteiger partial charge in [0, 0.05) is 10.7 Å². The number of esters is 1. The molecule has 0 N–H and O–H groups in total. The number of carbonyl (C=O) groups excluding carboxylic acids is 1. The highest BCUT2D eigenvalue weighted by Gasteiger charge is 2.12. The van der Waals surface area contributed by atoms with Crippen molar-refractivity contribution in [3.05, 3.63) is 35.0 Å². The van der Waals surface area contributed by atoms with Crippen LogP contribution in [0.5, 0.6) is 0 Å². The van der Waals surface area contributed by atoms with Crippen LogP contribution in [0.15, 0.2) is 29.1 Å². The maximum Gasteiger partial charge on any atom is 0.377 e. The number of ether oxygens (including phenoxy) is 1. The molecule has 2 aromatic heterocycles. The molecule has 0 saturated heterocycles. The Hall–Kier alpha value is -1.76. The Labute approximate surface area is 99.4 Å². The van der Waals surface area contributed by atoms with Gasteiger partial charge in [-0.3, -0.25) is 0 Å². The van der Waals surface area contributed by atoms with E-state index in [1.54, 1.807) is 12.3 Å². The van der Waals surface area contributed by atoms with Crippen molar-refractivity contribution >= 4 is 21.9 Å². The van der Waals surface area contributed by atoms with E-state index in [0.29, 0.717) is 5.82 Å². The molecule has 0 aliphatic heterocycles. The van der Waals surface area contributed by atoms with Crippen LogP contribution >= 0.6 is 15.9 Å². The fraction of sp³-hybridized carbons (Fsp3) is 0.111. The molecule has 6 nitrogen and oxygen atoms in total. The molecule has 0 radical (unpaired) electrons. The largest absolute Gasteiger partial charge is 0.463 e. The smallest absolute Gasteiger partial charge is 0.377 e. The van der Waals surface area contributed by atoms with Gasteiger partial charge in [-0.2, -0.15) is 0 Å². The lowest BCUT2D eigenvalue weighted by Gasteiger charge is -1.97. The van der Waals surface area contributed by atoms with E-state index in [2.05, 4.69) is 35.7 Å². The van der Waals surface area contributed by atoms with Gasteiger partial charge in [-0.1, -0.05) is 0 Å². The molecule has 0 aliphatic rings. The van der Waals surface area contributed by atoms with Gasteiger partial charge in [0.25, 0.3) is 5.82 Å². The molecule has 2 rings (SSSR count). The SMILES string of the molecule is COC(=O)c1ncn(-c2ccc(Br)cn2)n1. The quantitative estimate of drug-likeness (QED) is 0.775. The fourth-order valence-corrected chi connectivity index (χ4v) is 1.30. The molecule has 0 aliphatic carbocycles. The summed E-state index contributed by atoms with van der Waals surface area (Å²) >= 11 is 3.28. The number of hydrogen-bond acceptors (Lipinski definition) is 5. The van der Waals surface area contributed by atoms with Crippen LogP contribution in [0.25, 0.3) is 5.82 Å². The third-order valence-electron chi connectivity index (χ3n) is 1.81. The Morgan fingerprint density at radius 3 is 2.88 bits per heavy atom. The molecule has 0 atom stereocenters. The molecule has 0 spiro atoms. The Balaban J connectivity index is 2.31. The Morgan fingerprint density at radius 1 is 1.44 bits per heavy atom. The van der Waals surface area contributed by atoms with Crippen LogP contribution in [0.1, 0.15) is 10.6 Å². The van der Waals surface area contributed by atoms with Gasteiger partial charge in [0.1, 0.15) is 6.33 Å².